The largest absolute Gasteiger partial charge is 0.457 e. The molecule has 1 aliphatic heterocycles. The zero-order chi connectivity index (χ0) is 27.8. The van der Waals surface area contributed by atoms with E-state index in [1.165, 1.54) is 11.3 Å². The number of urea groups is 1. The van der Waals surface area contributed by atoms with Gasteiger partial charge < -0.3 is 20.3 Å². The monoisotopic (exact) mass is 555 g/mol. The number of hydrogen-bond acceptors (Lipinski definition) is 6. The van der Waals surface area contributed by atoms with Crippen molar-refractivity contribution in [1.82, 2.24) is 15.2 Å². The first-order valence-corrected chi connectivity index (χ1v) is 14.5. The lowest BCUT2D eigenvalue weighted by atomic mass is 9.85. The first-order chi connectivity index (χ1) is 19.4. The molecule has 206 valence electrons. The molecule has 0 bridgehead atoms. The molecule has 2 aromatic heterocycles. The third-order valence-corrected chi connectivity index (χ3v) is 9.03. The van der Waals surface area contributed by atoms with Crippen molar-refractivity contribution in [3.05, 3.63) is 71.2 Å². The summed E-state index contributed by atoms with van der Waals surface area (Å²) in [6.07, 6.45) is 6.21. The van der Waals surface area contributed by atoms with Gasteiger partial charge in [-0.3, -0.25) is 9.69 Å². The maximum Gasteiger partial charge on any atom is 0.331 e. The van der Waals surface area contributed by atoms with Crippen LogP contribution in [0.15, 0.2) is 60.8 Å². The van der Waals surface area contributed by atoms with Crippen molar-refractivity contribution in [1.29, 1.82) is 0 Å². The number of amides is 3. The van der Waals surface area contributed by atoms with Crippen LogP contribution in [0, 0.1) is 12.8 Å². The molecule has 0 atom stereocenters. The van der Waals surface area contributed by atoms with Crippen molar-refractivity contribution in [2.45, 2.75) is 38.6 Å². The minimum Gasteiger partial charge on any atom is -0.457 e. The molecule has 1 saturated carbocycles. The average molecular weight is 556 g/mol. The van der Waals surface area contributed by atoms with Crippen LogP contribution < -0.4 is 20.3 Å². The Morgan fingerprint density at radius 1 is 1.07 bits per heavy atom. The lowest BCUT2D eigenvalue weighted by Gasteiger charge is -2.32. The van der Waals surface area contributed by atoms with Gasteiger partial charge in [-0.25, -0.2) is 9.78 Å². The molecule has 8 nitrogen and oxygen atoms in total. The number of aryl methyl sites for hydroxylation is 1. The fourth-order valence-corrected chi connectivity index (χ4v) is 6.77. The fourth-order valence-electron chi connectivity index (χ4n) is 5.73. The van der Waals surface area contributed by atoms with E-state index in [9.17, 15) is 9.59 Å². The minimum atomic E-state index is -0.311. The van der Waals surface area contributed by atoms with E-state index in [4.69, 9.17) is 4.74 Å². The van der Waals surface area contributed by atoms with E-state index in [2.05, 4.69) is 34.6 Å². The van der Waals surface area contributed by atoms with Crippen LogP contribution in [0.1, 0.15) is 40.9 Å². The van der Waals surface area contributed by atoms with Crippen molar-refractivity contribution >= 4 is 50.6 Å². The second-order valence-corrected chi connectivity index (χ2v) is 11.8. The topological polar surface area (TPSA) is 86.8 Å². The molecule has 6 rings (SSSR count). The van der Waals surface area contributed by atoms with Crippen LogP contribution in [-0.2, 0) is 0 Å². The molecule has 3 heterocycles. The molecular formula is C31H33N5O3S. The van der Waals surface area contributed by atoms with Crippen LogP contribution in [0.5, 0.6) is 11.5 Å². The molecule has 2 N–H and O–H groups in total. The van der Waals surface area contributed by atoms with Crippen molar-refractivity contribution in [3.8, 4) is 11.5 Å². The Morgan fingerprint density at radius 3 is 2.58 bits per heavy atom. The second kappa shape index (κ2) is 10.9. The highest BCUT2D eigenvalue weighted by Gasteiger charge is 2.33. The highest BCUT2D eigenvalue weighted by Crippen LogP contribution is 2.46. The molecule has 2 aromatic carbocycles. The van der Waals surface area contributed by atoms with Crippen molar-refractivity contribution in [2.75, 3.05) is 30.9 Å². The van der Waals surface area contributed by atoms with Gasteiger partial charge in [0.25, 0.3) is 5.91 Å². The van der Waals surface area contributed by atoms with Crippen molar-refractivity contribution < 1.29 is 14.3 Å². The van der Waals surface area contributed by atoms with Gasteiger partial charge in [0.15, 0.2) is 0 Å². The molecule has 4 aromatic rings. The lowest BCUT2D eigenvalue weighted by Crippen LogP contribution is -2.37. The number of thiophene rings is 1. The summed E-state index contributed by atoms with van der Waals surface area (Å²) in [7, 11) is 4.27. The normalized spacial score (nSPS) is 18.6. The van der Waals surface area contributed by atoms with Crippen molar-refractivity contribution in [3.63, 3.8) is 0 Å². The highest BCUT2D eigenvalue weighted by molar-refractivity contribution is 7.21. The maximum atomic E-state index is 13.5. The molecule has 9 heteroatoms. The molecule has 40 heavy (non-hydrogen) atoms. The van der Waals surface area contributed by atoms with Gasteiger partial charge in [0.1, 0.15) is 21.2 Å². The second-order valence-electron chi connectivity index (χ2n) is 10.8. The van der Waals surface area contributed by atoms with E-state index in [0.29, 0.717) is 40.5 Å². The number of aromatic nitrogens is 1. The number of carbonyl (C=O) groups excluding carboxylic acids is 2. The van der Waals surface area contributed by atoms with Gasteiger partial charge in [-0.2, -0.15) is 0 Å². The van der Waals surface area contributed by atoms with E-state index in [1.807, 2.05) is 61.5 Å². The summed E-state index contributed by atoms with van der Waals surface area (Å²) in [5.74, 6) is 1.75. The zero-order valence-corrected chi connectivity index (χ0v) is 23.8. The summed E-state index contributed by atoms with van der Waals surface area (Å²) in [5, 5.41) is 6.92. The summed E-state index contributed by atoms with van der Waals surface area (Å²) >= 11 is 1.32. The first-order valence-electron chi connectivity index (χ1n) is 13.7. The Bertz CT molecular complexity index is 1560. The smallest absolute Gasteiger partial charge is 0.331 e. The van der Waals surface area contributed by atoms with E-state index in [0.717, 1.165) is 52.9 Å². The Kier molecular flexibility index (Phi) is 7.16. The molecule has 0 spiro atoms. The highest BCUT2D eigenvalue weighted by atomic mass is 32.1. The SMILES string of the molecule is Cc1cc(Oc2ccccc2)ccc1N1C(=O)Nc2c(C(=O)NCC3CCC(N(C)C)CC3)sc3nccc1c23. The van der Waals surface area contributed by atoms with Gasteiger partial charge in [-0.05, 0) is 94.6 Å². The van der Waals surface area contributed by atoms with E-state index in [-0.39, 0.29) is 11.9 Å². The quantitative estimate of drug-likeness (QED) is 0.258. The third kappa shape index (κ3) is 5.02. The van der Waals surface area contributed by atoms with Crippen LogP contribution in [0.4, 0.5) is 21.9 Å². The van der Waals surface area contributed by atoms with Gasteiger partial charge in [-0.1, -0.05) is 18.2 Å². The summed E-state index contributed by atoms with van der Waals surface area (Å²) in [6, 6.07) is 17.4. The number of ether oxygens (including phenoxy) is 1. The molecule has 3 amide bonds. The summed E-state index contributed by atoms with van der Waals surface area (Å²) in [4.78, 5) is 36.5. The van der Waals surface area contributed by atoms with Gasteiger partial charge in [-0.15, -0.1) is 11.3 Å². The average Bonchev–Trinajstić information content (AvgIpc) is 3.33. The van der Waals surface area contributed by atoms with Crippen LogP contribution in [0.2, 0.25) is 0 Å². The molecule has 2 aliphatic rings. The van der Waals surface area contributed by atoms with E-state index in [1.54, 1.807) is 11.1 Å². The molecule has 0 radical (unpaired) electrons. The van der Waals surface area contributed by atoms with Crippen LogP contribution in [0.25, 0.3) is 10.2 Å². The molecular weight excluding hydrogens is 522 g/mol. The number of para-hydroxylation sites is 1. The maximum absolute atomic E-state index is 13.5. The number of nitrogens with one attached hydrogen (secondary N) is 2. The van der Waals surface area contributed by atoms with Crippen LogP contribution >= 0.6 is 11.3 Å². The molecule has 1 aliphatic carbocycles. The van der Waals surface area contributed by atoms with Gasteiger partial charge in [0, 0.05) is 18.8 Å². The number of pyridine rings is 1. The standard InChI is InChI=1S/C31H33N5O3S/c1-19-17-23(39-22-7-5-4-6-8-22)13-14-24(19)36-25-15-16-32-30-26(25)27(34-31(36)38)28(40-30)29(37)33-18-20-9-11-21(12-10-20)35(2)3/h4-8,13-17,20-21H,9-12,18H2,1-3H3,(H,33,37)(H,34,38). The number of anilines is 3. The van der Waals surface area contributed by atoms with E-state index >= 15 is 0 Å². The number of rotatable bonds is 7. The summed E-state index contributed by atoms with van der Waals surface area (Å²) in [5.41, 5.74) is 2.87. The Hall–Kier alpha value is -3.95. The van der Waals surface area contributed by atoms with E-state index < -0.39 is 0 Å². The third-order valence-electron chi connectivity index (χ3n) is 7.94. The van der Waals surface area contributed by atoms with Gasteiger partial charge >= 0.3 is 6.03 Å². The predicted molar refractivity (Wildman–Crippen MR) is 160 cm³/mol. The zero-order valence-electron chi connectivity index (χ0n) is 22.9. The number of benzene rings is 2. The molecule has 0 unspecified atom stereocenters. The number of nitrogens with zero attached hydrogens (tertiary/aromatic N) is 3. The first kappa shape index (κ1) is 26.3. The Balaban J connectivity index is 1.24. The molecule has 1 fully saturated rings. The minimum absolute atomic E-state index is 0.161. The van der Waals surface area contributed by atoms with Gasteiger partial charge in [0.2, 0.25) is 0 Å². The Labute approximate surface area is 238 Å². The number of hydrogen-bond donors (Lipinski definition) is 2. The summed E-state index contributed by atoms with van der Waals surface area (Å²) in [6.45, 7) is 2.59. The summed E-state index contributed by atoms with van der Waals surface area (Å²) < 4.78 is 5.98. The van der Waals surface area contributed by atoms with Crippen molar-refractivity contribution in [2.24, 2.45) is 5.92 Å². The number of carbonyl (C=O) groups is 2. The predicted octanol–water partition coefficient (Wildman–Crippen LogP) is 6.93. The van der Waals surface area contributed by atoms with Crippen LogP contribution in [0.3, 0.4) is 0 Å². The Morgan fingerprint density at radius 2 is 1.85 bits per heavy atom. The lowest BCUT2D eigenvalue weighted by molar-refractivity contribution is 0.0943. The fraction of sp³-hybridized carbons (Fsp3) is 0.323. The van der Waals surface area contributed by atoms with Crippen LogP contribution in [-0.4, -0.2) is 48.5 Å². The van der Waals surface area contributed by atoms with Gasteiger partial charge in [0.05, 0.1) is 22.4 Å². The molecule has 0 saturated heterocycles.